The lowest BCUT2D eigenvalue weighted by molar-refractivity contribution is 0.0971. The smallest absolute Gasteiger partial charge is 0.166 e. The fourth-order valence-corrected chi connectivity index (χ4v) is 2.03. The molecule has 2 heterocycles. The van der Waals surface area contributed by atoms with Gasteiger partial charge in [-0.2, -0.15) is 4.73 Å². The second kappa shape index (κ2) is 3.98. The van der Waals surface area contributed by atoms with Gasteiger partial charge in [-0.15, -0.1) is 11.3 Å². The predicted molar refractivity (Wildman–Crippen MR) is 63.2 cm³/mol. The highest BCUT2D eigenvalue weighted by atomic mass is 32.1. The third kappa shape index (κ3) is 1.79. The third-order valence-corrected chi connectivity index (χ3v) is 3.01. The van der Waals surface area contributed by atoms with E-state index in [1.165, 1.54) is 0 Å². The molecule has 0 aliphatic rings. The van der Waals surface area contributed by atoms with Crippen molar-refractivity contribution in [2.75, 3.05) is 0 Å². The minimum Gasteiger partial charge on any atom is -0.406 e. The predicted octanol–water partition coefficient (Wildman–Crippen LogP) is 2.53. The van der Waals surface area contributed by atoms with Crippen molar-refractivity contribution in [3.8, 4) is 0 Å². The van der Waals surface area contributed by atoms with Gasteiger partial charge in [-0.3, -0.25) is 0 Å². The molecule has 3 nitrogen and oxygen atoms in total. The summed E-state index contributed by atoms with van der Waals surface area (Å²) in [6.07, 6.45) is 6.83. The Kier molecular flexibility index (Phi) is 2.34. The average Bonchev–Trinajstić information content (AvgIpc) is 2.95. The number of thiazole rings is 1. The summed E-state index contributed by atoms with van der Waals surface area (Å²) in [5, 5.41) is 5.09. The first kappa shape index (κ1) is 9.42. The molecule has 0 N–H and O–H groups in total. The van der Waals surface area contributed by atoms with E-state index in [1.807, 2.05) is 35.8 Å². The van der Waals surface area contributed by atoms with Gasteiger partial charge in [-0.1, -0.05) is 24.3 Å². The first-order chi connectivity index (χ1) is 7.92. The molecule has 4 heteroatoms. The summed E-state index contributed by atoms with van der Waals surface area (Å²) in [4.78, 5) is 9.70. The fourth-order valence-electron chi connectivity index (χ4n) is 1.51. The van der Waals surface area contributed by atoms with Gasteiger partial charge in [0, 0.05) is 22.3 Å². The van der Waals surface area contributed by atoms with Crippen LogP contribution in [0.5, 0.6) is 0 Å². The quantitative estimate of drug-likeness (QED) is 0.690. The topological polar surface area (TPSA) is 27.1 Å². The highest BCUT2D eigenvalue weighted by molar-refractivity contribution is 7.09. The van der Waals surface area contributed by atoms with Crippen LogP contribution in [0, 0.1) is 6.20 Å². The second-order valence-corrected chi connectivity index (χ2v) is 4.33. The molecule has 3 rings (SSSR count). The molecule has 3 aromatic rings. The molecule has 0 saturated heterocycles. The molecule has 0 unspecified atom stereocenters. The van der Waals surface area contributed by atoms with Gasteiger partial charge >= 0.3 is 0 Å². The maximum absolute atomic E-state index is 5.54. The molecule has 0 saturated carbocycles. The van der Waals surface area contributed by atoms with Crippen molar-refractivity contribution in [2.45, 2.75) is 6.61 Å². The van der Waals surface area contributed by atoms with E-state index in [0.717, 1.165) is 15.8 Å². The van der Waals surface area contributed by atoms with E-state index in [-0.39, 0.29) is 0 Å². The van der Waals surface area contributed by atoms with Crippen molar-refractivity contribution in [3.05, 3.63) is 53.2 Å². The van der Waals surface area contributed by atoms with Crippen molar-refractivity contribution in [3.63, 3.8) is 0 Å². The molecule has 16 heavy (non-hydrogen) atoms. The Morgan fingerprint density at radius 2 is 2.31 bits per heavy atom. The molecule has 0 atom stereocenters. The Labute approximate surface area is 96.9 Å². The van der Waals surface area contributed by atoms with Crippen molar-refractivity contribution < 1.29 is 4.84 Å². The van der Waals surface area contributed by atoms with Crippen molar-refractivity contribution in [2.24, 2.45) is 0 Å². The zero-order valence-corrected chi connectivity index (χ0v) is 9.28. The van der Waals surface area contributed by atoms with Crippen LogP contribution in [-0.2, 0) is 6.61 Å². The Balaban J connectivity index is 1.79. The van der Waals surface area contributed by atoms with E-state index in [1.54, 1.807) is 22.3 Å². The molecule has 0 aliphatic carbocycles. The van der Waals surface area contributed by atoms with Gasteiger partial charge in [0.05, 0.1) is 6.20 Å². The summed E-state index contributed by atoms with van der Waals surface area (Å²) < 4.78 is 1.62. The van der Waals surface area contributed by atoms with Crippen LogP contribution in [0.25, 0.3) is 10.8 Å². The lowest BCUT2D eigenvalue weighted by atomic mass is 10.2. The summed E-state index contributed by atoms with van der Waals surface area (Å²) in [6.45, 7) is 0.481. The number of hydrogen-bond acceptors (Lipinski definition) is 3. The van der Waals surface area contributed by atoms with E-state index in [2.05, 4.69) is 11.2 Å². The van der Waals surface area contributed by atoms with E-state index >= 15 is 0 Å². The molecule has 0 amide bonds. The maximum atomic E-state index is 5.54. The first-order valence-electron chi connectivity index (χ1n) is 4.93. The van der Waals surface area contributed by atoms with Crippen LogP contribution in [0.4, 0.5) is 0 Å². The minimum atomic E-state index is 0.481. The third-order valence-electron chi connectivity index (χ3n) is 2.26. The summed E-state index contributed by atoms with van der Waals surface area (Å²) in [7, 11) is 0. The monoisotopic (exact) mass is 229 g/mol. The van der Waals surface area contributed by atoms with Gasteiger partial charge < -0.3 is 4.84 Å². The number of hydrogen-bond donors (Lipinski definition) is 0. The zero-order chi connectivity index (χ0) is 10.8. The van der Waals surface area contributed by atoms with Gasteiger partial charge in [0.2, 0.25) is 0 Å². The van der Waals surface area contributed by atoms with Crippen LogP contribution in [0.1, 0.15) is 5.01 Å². The molecular weight excluding hydrogens is 220 g/mol. The zero-order valence-electron chi connectivity index (χ0n) is 8.46. The Morgan fingerprint density at radius 3 is 3.12 bits per heavy atom. The van der Waals surface area contributed by atoms with Gasteiger partial charge in [0.15, 0.2) is 6.61 Å². The highest BCUT2D eigenvalue weighted by Crippen LogP contribution is 2.13. The van der Waals surface area contributed by atoms with Gasteiger partial charge in [0.25, 0.3) is 0 Å². The SMILES string of the molecule is [c]1c2ccccc2cn1OCc1nccs1. The summed E-state index contributed by atoms with van der Waals surface area (Å²) >= 11 is 1.59. The van der Waals surface area contributed by atoms with Crippen molar-refractivity contribution in [1.82, 2.24) is 9.71 Å². The average molecular weight is 229 g/mol. The minimum absolute atomic E-state index is 0.481. The summed E-state index contributed by atoms with van der Waals surface area (Å²) in [5.41, 5.74) is 0. The van der Waals surface area contributed by atoms with Crippen LogP contribution in [0.15, 0.2) is 42.0 Å². The van der Waals surface area contributed by atoms with Gasteiger partial charge in [-0.05, 0) is 0 Å². The lowest BCUT2D eigenvalue weighted by Gasteiger charge is -2.02. The van der Waals surface area contributed by atoms with E-state index in [0.29, 0.717) is 6.61 Å². The van der Waals surface area contributed by atoms with Crippen LogP contribution in [-0.4, -0.2) is 9.71 Å². The molecule has 2 aromatic heterocycles. The van der Waals surface area contributed by atoms with Crippen molar-refractivity contribution in [1.29, 1.82) is 0 Å². The Bertz CT molecular complexity index is 553. The summed E-state index contributed by atoms with van der Waals surface area (Å²) in [5.74, 6) is 0. The molecule has 0 bridgehead atoms. The normalized spacial score (nSPS) is 10.8. The number of rotatable bonds is 3. The van der Waals surface area contributed by atoms with Crippen LogP contribution in [0.3, 0.4) is 0 Å². The lowest BCUT2D eigenvalue weighted by Crippen LogP contribution is -2.08. The molecule has 1 aromatic carbocycles. The fraction of sp³-hybridized carbons (Fsp3) is 0.0833. The van der Waals surface area contributed by atoms with E-state index < -0.39 is 0 Å². The molecular formula is C12H9N2OS. The second-order valence-electron chi connectivity index (χ2n) is 3.35. The maximum Gasteiger partial charge on any atom is 0.166 e. The Morgan fingerprint density at radius 1 is 1.38 bits per heavy atom. The molecule has 0 fully saturated rings. The van der Waals surface area contributed by atoms with Gasteiger partial charge in [0.1, 0.15) is 11.2 Å². The molecule has 79 valence electrons. The van der Waals surface area contributed by atoms with E-state index in [9.17, 15) is 0 Å². The van der Waals surface area contributed by atoms with Crippen molar-refractivity contribution >= 4 is 22.1 Å². The van der Waals surface area contributed by atoms with E-state index in [4.69, 9.17) is 4.84 Å². The number of fused-ring (bicyclic) bond motifs is 1. The van der Waals surface area contributed by atoms with Crippen LogP contribution in [0.2, 0.25) is 0 Å². The summed E-state index contributed by atoms with van der Waals surface area (Å²) in [6, 6.07) is 8.04. The highest BCUT2D eigenvalue weighted by Gasteiger charge is 2.00. The Hall–Kier alpha value is -1.81. The largest absolute Gasteiger partial charge is 0.406 e. The standard InChI is InChI=1S/C12H9N2OS/c1-2-4-11-8-14(7-10(11)3-1)15-9-12-13-5-6-16-12/h1-7H,9H2. The molecule has 0 spiro atoms. The number of nitrogens with zero attached hydrogens (tertiary/aromatic N) is 2. The first-order valence-corrected chi connectivity index (χ1v) is 5.81. The molecule has 1 radical (unpaired) electrons. The number of benzene rings is 1. The number of aromatic nitrogens is 2. The van der Waals surface area contributed by atoms with Crippen LogP contribution >= 0.6 is 11.3 Å². The van der Waals surface area contributed by atoms with Crippen LogP contribution < -0.4 is 4.84 Å². The van der Waals surface area contributed by atoms with Gasteiger partial charge in [-0.25, -0.2) is 4.98 Å². The molecule has 0 aliphatic heterocycles.